The van der Waals surface area contributed by atoms with Gasteiger partial charge in [-0.15, -0.1) is 12.4 Å². The van der Waals surface area contributed by atoms with Crippen molar-refractivity contribution in [2.75, 3.05) is 19.6 Å². The molecule has 0 aromatic carbocycles. The summed E-state index contributed by atoms with van der Waals surface area (Å²) in [4.78, 5) is 14.7. The summed E-state index contributed by atoms with van der Waals surface area (Å²) < 4.78 is 0. The highest BCUT2D eigenvalue weighted by molar-refractivity contribution is 5.85. The Balaban J connectivity index is 0.00000289. The molecule has 1 N–H and O–H groups in total. The topological polar surface area (TPSA) is 32.3 Å². The normalized spacial score (nSPS) is 16.4. The number of amides is 1. The third kappa shape index (κ3) is 4.77. The van der Waals surface area contributed by atoms with Crippen LogP contribution in [0.2, 0.25) is 0 Å². The van der Waals surface area contributed by atoms with Crippen LogP contribution in [0.5, 0.6) is 0 Å². The van der Waals surface area contributed by atoms with Gasteiger partial charge >= 0.3 is 0 Å². The van der Waals surface area contributed by atoms with Crippen molar-refractivity contribution in [2.45, 2.75) is 58.9 Å². The summed E-state index contributed by atoms with van der Waals surface area (Å²) in [5, 5.41) is 3.37. The highest BCUT2D eigenvalue weighted by Gasteiger charge is 2.28. The summed E-state index contributed by atoms with van der Waals surface area (Å²) in [6.07, 6.45) is 5.24. The van der Waals surface area contributed by atoms with Crippen molar-refractivity contribution in [2.24, 2.45) is 5.92 Å². The zero-order valence-electron chi connectivity index (χ0n) is 12.1. The zero-order valence-corrected chi connectivity index (χ0v) is 12.9. The van der Waals surface area contributed by atoms with Crippen LogP contribution >= 0.6 is 12.4 Å². The van der Waals surface area contributed by atoms with Crippen molar-refractivity contribution in [3.8, 4) is 0 Å². The number of hydrogen-bond donors (Lipinski definition) is 1. The van der Waals surface area contributed by atoms with Gasteiger partial charge in [0.15, 0.2) is 0 Å². The van der Waals surface area contributed by atoms with Crippen LogP contribution in [-0.4, -0.2) is 36.5 Å². The Morgan fingerprint density at radius 2 is 1.78 bits per heavy atom. The number of carbonyl (C=O) groups excluding carboxylic acids is 1. The molecule has 1 amide bonds. The van der Waals surface area contributed by atoms with Crippen LogP contribution in [0.25, 0.3) is 0 Å². The summed E-state index contributed by atoms with van der Waals surface area (Å²) in [6, 6.07) is 0.476. The summed E-state index contributed by atoms with van der Waals surface area (Å²) in [5.74, 6) is 0.625. The molecule has 0 spiro atoms. The quantitative estimate of drug-likeness (QED) is 0.809. The van der Waals surface area contributed by atoms with E-state index < -0.39 is 0 Å². The number of halogens is 1. The van der Waals surface area contributed by atoms with Gasteiger partial charge in [-0.3, -0.25) is 4.79 Å². The standard InChI is InChI=1S/C14H28N2O.ClH/c1-4-11-16(13-7-9-15-10-8-13)14(17)12(5-2)6-3;/h12-13,15H,4-11H2,1-3H3;1H. The Morgan fingerprint density at radius 3 is 2.22 bits per heavy atom. The number of hydrogen-bond acceptors (Lipinski definition) is 2. The predicted octanol–water partition coefficient (Wildman–Crippen LogP) is 2.84. The molecule has 0 atom stereocenters. The van der Waals surface area contributed by atoms with Crippen LogP contribution in [-0.2, 0) is 4.79 Å². The molecule has 18 heavy (non-hydrogen) atoms. The van der Waals surface area contributed by atoms with Crippen LogP contribution in [0, 0.1) is 5.92 Å². The van der Waals surface area contributed by atoms with E-state index >= 15 is 0 Å². The number of nitrogens with one attached hydrogen (secondary N) is 1. The number of piperidine rings is 1. The van der Waals surface area contributed by atoms with Crippen LogP contribution in [0.3, 0.4) is 0 Å². The second-order valence-corrected chi connectivity index (χ2v) is 5.03. The fourth-order valence-electron chi connectivity index (χ4n) is 2.70. The van der Waals surface area contributed by atoms with Crippen LogP contribution < -0.4 is 5.32 Å². The molecule has 1 saturated heterocycles. The lowest BCUT2D eigenvalue weighted by Crippen LogP contribution is -2.48. The molecule has 0 aromatic rings. The van der Waals surface area contributed by atoms with Gasteiger partial charge < -0.3 is 10.2 Å². The second kappa shape index (κ2) is 9.62. The van der Waals surface area contributed by atoms with Gasteiger partial charge in [0.2, 0.25) is 5.91 Å². The lowest BCUT2D eigenvalue weighted by molar-refractivity contribution is -0.138. The lowest BCUT2D eigenvalue weighted by Gasteiger charge is -2.36. The van der Waals surface area contributed by atoms with Gasteiger partial charge in [-0.05, 0) is 45.2 Å². The summed E-state index contributed by atoms with van der Waals surface area (Å²) in [6.45, 7) is 9.45. The Morgan fingerprint density at radius 1 is 1.22 bits per heavy atom. The van der Waals surface area contributed by atoms with E-state index in [4.69, 9.17) is 0 Å². The molecule has 1 heterocycles. The van der Waals surface area contributed by atoms with Crippen molar-refractivity contribution in [3.63, 3.8) is 0 Å². The maximum Gasteiger partial charge on any atom is 0.225 e. The molecule has 3 nitrogen and oxygen atoms in total. The average molecular weight is 277 g/mol. The minimum absolute atomic E-state index is 0. The number of nitrogens with zero attached hydrogens (tertiary/aromatic N) is 1. The molecular formula is C14H29ClN2O. The molecule has 0 aromatic heterocycles. The third-order valence-corrected chi connectivity index (χ3v) is 3.83. The van der Waals surface area contributed by atoms with E-state index in [1.165, 1.54) is 0 Å². The lowest BCUT2D eigenvalue weighted by atomic mass is 9.97. The SMILES string of the molecule is CCCN(C(=O)C(CC)CC)C1CCNCC1.Cl. The van der Waals surface area contributed by atoms with Gasteiger partial charge in [0.25, 0.3) is 0 Å². The van der Waals surface area contributed by atoms with Gasteiger partial charge in [-0.2, -0.15) is 0 Å². The van der Waals surface area contributed by atoms with E-state index in [1.807, 2.05) is 0 Å². The van der Waals surface area contributed by atoms with Crippen molar-refractivity contribution >= 4 is 18.3 Å². The van der Waals surface area contributed by atoms with Crippen LogP contribution in [0.1, 0.15) is 52.9 Å². The predicted molar refractivity (Wildman–Crippen MR) is 79.2 cm³/mol. The third-order valence-electron chi connectivity index (χ3n) is 3.83. The van der Waals surface area contributed by atoms with E-state index in [2.05, 4.69) is 31.0 Å². The fraction of sp³-hybridized carbons (Fsp3) is 0.929. The molecule has 1 fully saturated rings. The minimum Gasteiger partial charge on any atom is -0.339 e. The molecule has 0 saturated carbocycles. The van der Waals surface area contributed by atoms with Crippen molar-refractivity contribution in [3.05, 3.63) is 0 Å². The molecule has 0 radical (unpaired) electrons. The molecule has 1 aliphatic heterocycles. The molecular weight excluding hydrogens is 248 g/mol. The molecule has 4 heteroatoms. The van der Waals surface area contributed by atoms with E-state index in [0.29, 0.717) is 11.9 Å². The first-order valence-corrected chi connectivity index (χ1v) is 7.25. The molecule has 1 aliphatic rings. The summed E-state index contributed by atoms with van der Waals surface area (Å²) >= 11 is 0. The average Bonchev–Trinajstić information content (AvgIpc) is 2.38. The van der Waals surface area contributed by atoms with Gasteiger partial charge in [0.05, 0.1) is 0 Å². The van der Waals surface area contributed by atoms with Crippen LogP contribution in [0.4, 0.5) is 0 Å². The van der Waals surface area contributed by atoms with Crippen molar-refractivity contribution in [1.29, 1.82) is 0 Å². The van der Waals surface area contributed by atoms with Crippen molar-refractivity contribution < 1.29 is 4.79 Å². The molecule has 0 aliphatic carbocycles. The highest BCUT2D eigenvalue weighted by Crippen LogP contribution is 2.19. The molecule has 0 bridgehead atoms. The maximum absolute atomic E-state index is 12.5. The van der Waals surface area contributed by atoms with Gasteiger partial charge in [0, 0.05) is 18.5 Å². The smallest absolute Gasteiger partial charge is 0.225 e. The van der Waals surface area contributed by atoms with E-state index in [9.17, 15) is 4.79 Å². The van der Waals surface area contributed by atoms with Crippen molar-refractivity contribution in [1.82, 2.24) is 10.2 Å². The fourth-order valence-corrected chi connectivity index (χ4v) is 2.70. The minimum atomic E-state index is 0. The highest BCUT2D eigenvalue weighted by atomic mass is 35.5. The van der Waals surface area contributed by atoms with E-state index in [1.54, 1.807) is 0 Å². The monoisotopic (exact) mass is 276 g/mol. The maximum atomic E-state index is 12.5. The summed E-state index contributed by atoms with van der Waals surface area (Å²) in [5.41, 5.74) is 0. The van der Waals surface area contributed by atoms with E-state index in [0.717, 1.165) is 51.7 Å². The van der Waals surface area contributed by atoms with E-state index in [-0.39, 0.29) is 18.3 Å². The number of carbonyl (C=O) groups is 1. The number of rotatable bonds is 6. The Kier molecular flexibility index (Phi) is 9.47. The van der Waals surface area contributed by atoms with Crippen LogP contribution in [0.15, 0.2) is 0 Å². The van der Waals surface area contributed by atoms with Gasteiger partial charge in [-0.25, -0.2) is 0 Å². The first-order valence-electron chi connectivity index (χ1n) is 7.25. The molecule has 0 unspecified atom stereocenters. The first kappa shape index (κ1) is 17.7. The zero-order chi connectivity index (χ0) is 12.7. The molecule has 108 valence electrons. The largest absolute Gasteiger partial charge is 0.339 e. The van der Waals surface area contributed by atoms with Gasteiger partial charge in [-0.1, -0.05) is 20.8 Å². The van der Waals surface area contributed by atoms with Gasteiger partial charge in [0.1, 0.15) is 0 Å². The molecule has 1 rings (SSSR count). The Bertz CT molecular complexity index is 226. The first-order chi connectivity index (χ1) is 8.24. The Hall–Kier alpha value is -0.280. The Labute approximate surface area is 118 Å². The summed E-state index contributed by atoms with van der Waals surface area (Å²) in [7, 11) is 0. The second-order valence-electron chi connectivity index (χ2n) is 5.03.